The molecule has 1 atom stereocenters. The van der Waals surface area contributed by atoms with Crippen molar-refractivity contribution < 1.29 is 9.18 Å². The summed E-state index contributed by atoms with van der Waals surface area (Å²) in [4.78, 5) is 22.4. The molecule has 0 unspecified atom stereocenters. The van der Waals surface area contributed by atoms with E-state index in [4.69, 9.17) is 0 Å². The minimum Gasteiger partial charge on any atom is -0.365 e. The second kappa shape index (κ2) is 7.38. The number of carbonyl (C=O) groups excluding carboxylic acids is 1. The smallest absolute Gasteiger partial charge is 0.224 e. The third-order valence-corrected chi connectivity index (χ3v) is 4.24. The second-order valence-corrected chi connectivity index (χ2v) is 6.01. The molecule has 5 nitrogen and oxygen atoms in total. The summed E-state index contributed by atoms with van der Waals surface area (Å²) < 4.78 is 12.9. The molecule has 2 heterocycles. The van der Waals surface area contributed by atoms with Gasteiger partial charge in [-0.3, -0.25) is 4.79 Å². The van der Waals surface area contributed by atoms with Crippen LogP contribution in [-0.2, 0) is 17.6 Å². The van der Waals surface area contributed by atoms with Crippen molar-refractivity contribution in [2.45, 2.75) is 32.2 Å². The SMILES string of the molecule is CCc1cc(N[C@@H]2CC(=O)N(CCc3ccc(F)cc3)C2)ncn1. The Labute approximate surface area is 140 Å². The van der Waals surface area contributed by atoms with Gasteiger partial charge in [-0.25, -0.2) is 14.4 Å². The Morgan fingerprint density at radius 3 is 2.83 bits per heavy atom. The first kappa shape index (κ1) is 16.4. The molecule has 1 aliphatic rings. The Bertz CT molecular complexity index is 704. The molecule has 1 aromatic heterocycles. The third kappa shape index (κ3) is 4.07. The van der Waals surface area contributed by atoms with Gasteiger partial charge in [-0.05, 0) is 30.5 Å². The number of nitrogens with one attached hydrogen (secondary N) is 1. The second-order valence-electron chi connectivity index (χ2n) is 6.01. The largest absolute Gasteiger partial charge is 0.365 e. The minimum absolute atomic E-state index is 0.0605. The molecule has 1 aromatic carbocycles. The number of nitrogens with zero attached hydrogens (tertiary/aromatic N) is 3. The van der Waals surface area contributed by atoms with Crippen molar-refractivity contribution in [2.24, 2.45) is 0 Å². The topological polar surface area (TPSA) is 58.1 Å². The summed E-state index contributed by atoms with van der Waals surface area (Å²) in [5, 5.41) is 3.32. The molecule has 0 saturated carbocycles. The number of aryl methyl sites for hydroxylation is 1. The van der Waals surface area contributed by atoms with Crippen LogP contribution in [-0.4, -0.2) is 39.9 Å². The number of anilines is 1. The lowest BCUT2D eigenvalue weighted by atomic mass is 10.1. The average molecular weight is 328 g/mol. The molecule has 0 radical (unpaired) electrons. The molecular formula is C18H21FN4O. The van der Waals surface area contributed by atoms with E-state index < -0.39 is 0 Å². The van der Waals surface area contributed by atoms with Crippen LogP contribution in [0.1, 0.15) is 24.6 Å². The summed E-state index contributed by atoms with van der Waals surface area (Å²) in [6.45, 7) is 3.35. The zero-order chi connectivity index (χ0) is 16.9. The predicted molar refractivity (Wildman–Crippen MR) is 90.1 cm³/mol. The first-order chi connectivity index (χ1) is 11.6. The number of carbonyl (C=O) groups is 1. The molecule has 24 heavy (non-hydrogen) atoms. The van der Waals surface area contributed by atoms with Crippen LogP contribution in [0, 0.1) is 5.82 Å². The van der Waals surface area contributed by atoms with Gasteiger partial charge in [-0.15, -0.1) is 0 Å². The molecule has 1 N–H and O–H groups in total. The lowest BCUT2D eigenvalue weighted by Gasteiger charge is -2.17. The van der Waals surface area contributed by atoms with E-state index in [1.54, 1.807) is 18.5 Å². The molecule has 3 rings (SSSR count). The van der Waals surface area contributed by atoms with Crippen LogP contribution in [0.5, 0.6) is 0 Å². The van der Waals surface area contributed by atoms with E-state index >= 15 is 0 Å². The Kier molecular flexibility index (Phi) is 5.03. The van der Waals surface area contributed by atoms with Crippen molar-refractivity contribution in [1.82, 2.24) is 14.9 Å². The van der Waals surface area contributed by atoms with Gasteiger partial charge in [0.25, 0.3) is 0 Å². The zero-order valence-corrected chi connectivity index (χ0v) is 13.7. The summed E-state index contributed by atoms with van der Waals surface area (Å²) in [5.41, 5.74) is 2.01. The van der Waals surface area contributed by atoms with E-state index in [2.05, 4.69) is 15.3 Å². The summed E-state index contributed by atoms with van der Waals surface area (Å²) >= 11 is 0. The van der Waals surface area contributed by atoms with E-state index in [1.807, 2.05) is 17.9 Å². The van der Waals surface area contributed by atoms with Gasteiger partial charge in [0.2, 0.25) is 5.91 Å². The molecule has 1 aliphatic heterocycles. The Balaban J connectivity index is 1.54. The lowest BCUT2D eigenvalue weighted by Crippen LogP contribution is -2.30. The zero-order valence-electron chi connectivity index (χ0n) is 13.7. The number of rotatable bonds is 6. The van der Waals surface area contributed by atoms with E-state index in [9.17, 15) is 9.18 Å². The average Bonchev–Trinajstić information content (AvgIpc) is 2.94. The number of amides is 1. The van der Waals surface area contributed by atoms with Gasteiger partial charge in [0, 0.05) is 31.3 Å². The first-order valence-corrected chi connectivity index (χ1v) is 8.23. The molecule has 2 aromatic rings. The quantitative estimate of drug-likeness (QED) is 0.885. The van der Waals surface area contributed by atoms with Crippen LogP contribution in [0.25, 0.3) is 0 Å². The van der Waals surface area contributed by atoms with Gasteiger partial charge >= 0.3 is 0 Å². The van der Waals surface area contributed by atoms with Crippen molar-refractivity contribution in [3.05, 3.63) is 53.7 Å². The number of hydrogen-bond donors (Lipinski definition) is 1. The maximum Gasteiger partial charge on any atom is 0.224 e. The standard InChI is InChI=1S/C18H21FN4O/c1-2-15-9-17(21-12-20-15)22-16-10-18(24)23(11-16)8-7-13-3-5-14(19)6-4-13/h3-6,9,12,16H,2,7-8,10-11H2,1H3,(H,20,21,22)/t16-/m1/s1. The third-order valence-electron chi connectivity index (χ3n) is 4.24. The van der Waals surface area contributed by atoms with Gasteiger partial charge < -0.3 is 10.2 Å². The molecule has 1 fully saturated rings. The van der Waals surface area contributed by atoms with Crippen molar-refractivity contribution >= 4 is 11.7 Å². The fourth-order valence-corrected chi connectivity index (χ4v) is 2.88. The lowest BCUT2D eigenvalue weighted by molar-refractivity contribution is -0.127. The summed E-state index contributed by atoms with van der Waals surface area (Å²) in [6, 6.07) is 8.41. The van der Waals surface area contributed by atoms with Crippen molar-refractivity contribution in [2.75, 3.05) is 18.4 Å². The molecule has 1 saturated heterocycles. The van der Waals surface area contributed by atoms with Gasteiger partial charge in [0.15, 0.2) is 0 Å². The molecular weight excluding hydrogens is 307 g/mol. The van der Waals surface area contributed by atoms with E-state index in [1.165, 1.54) is 12.1 Å². The van der Waals surface area contributed by atoms with Gasteiger partial charge in [-0.2, -0.15) is 0 Å². The molecule has 0 aliphatic carbocycles. The van der Waals surface area contributed by atoms with Crippen LogP contribution in [0.2, 0.25) is 0 Å². The molecule has 6 heteroatoms. The van der Waals surface area contributed by atoms with Crippen molar-refractivity contribution in [1.29, 1.82) is 0 Å². The number of hydrogen-bond acceptors (Lipinski definition) is 4. The van der Waals surface area contributed by atoms with E-state index in [0.717, 1.165) is 29.9 Å². The summed E-state index contributed by atoms with van der Waals surface area (Å²) in [6.07, 6.45) is 3.59. The molecule has 0 bridgehead atoms. The van der Waals surface area contributed by atoms with Gasteiger partial charge in [0.05, 0.1) is 6.04 Å². The number of aromatic nitrogens is 2. The number of likely N-dealkylation sites (tertiary alicyclic amines) is 1. The van der Waals surface area contributed by atoms with Gasteiger partial charge in [0.1, 0.15) is 18.0 Å². The minimum atomic E-state index is -0.239. The highest BCUT2D eigenvalue weighted by Crippen LogP contribution is 2.17. The summed E-state index contributed by atoms with van der Waals surface area (Å²) in [7, 11) is 0. The Hall–Kier alpha value is -2.50. The Morgan fingerprint density at radius 2 is 2.08 bits per heavy atom. The molecule has 1 amide bonds. The molecule has 126 valence electrons. The van der Waals surface area contributed by atoms with Crippen LogP contribution < -0.4 is 5.32 Å². The van der Waals surface area contributed by atoms with Crippen molar-refractivity contribution in [3.8, 4) is 0 Å². The van der Waals surface area contributed by atoms with Crippen LogP contribution >= 0.6 is 0 Å². The Morgan fingerprint density at radius 1 is 1.29 bits per heavy atom. The monoisotopic (exact) mass is 328 g/mol. The van der Waals surface area contributed by atoms with Gasteiger partial charge in [-0.1, -0.05) is 19.1 Å². The highest BCUT2D eigenvalue weighted by atomic mass is 19.1. The van der Waals surface area contributed by atoms with Crippen LogP contribution in [0.4, 0.5) is 10.2 Å². The van der Waals surface area contributed by atoms with Crippen LogP contribution in [0.15, 0.2) is 36.7 Å². The fourth-order valence-electron chi connectivity index (χ4n) is 2.88. The maximum atomic E-state index is 12.9. The molecule has 0 spiro atoms. The highest BCUT2D eigenvalue weighted by Gasteiger charge is 2.29. The normalized spacial score (nSPS) is 17.3. The number of benzene rings is 1. The van der Waals surface area contributed by atoms with E-state index in [-0.39, 0.29) is 17.8 Å². The van der Waals surface area contributed by atoms with Crippen LogP contribution in [0.3, 0.4) is 0 Å². The number of halogens is 1. The maximum absolute atomic E-state index is 12.9. The first-order valence-electron chi connectivity index (χ1n) is 8.23. The fraction of sp³-hybridized carbons (Fsp3) is 0.389. The van der Waals surface area contributed by atoms with E-state index in [0.29, 0.717) is 19.5 Å². The summed E-state index contributed by atoms with van der Waals surface area (Å²) in [5.74, 6) is 0.663. The van der Waals surface area contributed by atoms with Crippen molar-refractivity contribution in [3.63, 3.8) is 0 Å². The predicted octanol–water partition coefficient (Wildman–Crippen LogP) is 2.43. The highest BCUT2D eigenvalue weighted by molar-refractivity contribution is 5.80.